The molecule has 0 fully saturated rings. The second-order valence-corrected chi connectivity index (χ2v) is 5.51. The molecule has 0 aliphatic carbocycles. The van der Waals surface area contributed by atoms with Crippen LogP contribution in [0.2, 0.25) is 5.02 Å². The third-order valence-corrected chi connectivity index (χ3v) is 4.27. The molecular weight excluding hydrogens is 292 g/mol. The molecule has 0 aliphatic rings. The van der Waals surface area contributed by atoms with Crippen LogP contribution in [0.15, 0.2) is 58.7 Å². The molecule has 0 aliphatic heterocycles. The summed E-state index contributed by atoms with van der Waals surface area (Å²) in [5.74, 6) is 0. The maximum Gasteiger partial charge on any atom is 0.152 e. The van der Waals surface area contributed by atoms with Gasteiger partial charge in [-0.3, -0.25) is 4.79 Å². The Bertz CT molecular complexity index is 786. The van der Waals surface area contributed by atoms with Crippen molar-refractivity contribution in [2.75, 3.05) is 0 Å². The van der Waals surface area contributed by atoms with Crippen molar-refractivity contribution in [1.82, 2.24) is 9.97 Å². The topological polar surface area (TPSA) is 42.9 Å². The van der Waals surface area contributed by atoms with E-state index in [1.807, 2.05) is 36.4 Å². The number of fused-ring (bicyclic) bond motifs is 1. The van der Waals surface area contributed by atoms with E-state index in [0.29, 0.717) is 10.6 Å². The van der Waals surface area contributed by atoms with Crippen molar-refractivity contribution in [3.05, 3.63) is 59.4 Å². The van der Waals surface area contributed by atoms with Crippen molar-refractivity contribution in [2.24, 2.45) is 0 Å². The standard InChI is InChI=1S/C15H9ClN2OS/c16-12-5-3-7-14(11(12)8-19)20-15-10-4-1-2-6-13(10)17-9-18-15/h1-9H. The highest BCUT2D eigenvalue weighted by Gasteiger charge is 2.10. The van der Waals surface area contributed by atoms with Crippen LogP contribution in [0.3, 0.4) is 0 Å². The van der Waals surface area contributed by atoms with Crippen molar-refractivity contribution in [2.45, 2.75) is 9.92 Å². The van der Waals surface area contributed by atoms with Crippen molar-refractivity contribution in [3.8, 4) is 0 Å². The van der Waals surface area contributed by atoms with Crippen LogP contribution < -0.4 is 0 Å². The third kappa shape index (κ3) is 2.40. The number of aldehydes is 1. The zero-order valence-electron chi connectivity index (χ0n) is 10.3. The van der Waals surface area contributed by atoms with Gasteiger partial charge in [0.15, 0.2) is 6.29 Å². The van der Waals surface area contributed by atoms with Gasteiger partial charge < -0.3 is 0 Å². The SMILES string of the molecule is O=Cc1c(Cl)cccc1Sc1ncnc2ccccc12. The maximum absolute atomic E-state index is 11.2. The Morgan fingerprint density at radius 2 is 1.90 bits per heavy atom. The zero-order chi connectivity index (χ0) is 13.9. The van der Waals surface area contributed by atoms with Gasteiger partial charge in [-0.1, -0.05) is 47.6 Å². The van der Waals surface area contributed by atoms with Crippen LogP contribution in [0.5, 0.6) is 0 Å². The van der Waals surface area contributed by atoms with Crippen LogP contribution in [0.25, 0.3) is 10.9 Å². The van der Waals surface area contributed by atoms with Gasteiger partial charge in [0, 0.05) is 15.8 Å². The maximum atomic E-state index is 11.2. The molecule has 5 heteroatoms. The lowest BCUT2D eigenvalue weighted by Gasteiger charge is -2.07. The lowest BCUT2D eigenvalue weighted by atomic mass is 10.2. The Kier molecular flexibility index (Phi) is 3.67. The first-order valence-corrected chi connectivity index (χ1v) is 7.10. The smallest absolute Gasteiger partial charge is 0.152 e. The molecule has 0 radical (unpaired) electrons. The predicted octanol–water partition coefficient (Wildman–Crippen LogP) is 4.25. The minimum Gasteiger partial charge on any atom is -0.298 e. The quantitative estimate of drug-likeness (QED) is 0.536. The highest BCUT2D eigenvalue weighted by Crippen LogP contribution is 2.34. The molecule has 1 aromatic heterocycles. The highest BCUT2D eigenvalue weighted by atomic mass is 35.5. The van der Waals surface area contributed by atoms with Gasteiger partial charge in [-0.2, -0.15) is 0 Å². The number of nitrogens with zero attached hydrogens (tertiary/aromatic N) is 2. The van der Waals surface area contributed by atoms with Gasteiger partial charge in [-0.05, 0) is 18.2 Å². The molecule has 0 saturated carbocycles. The van der Waals surface area contributed by atoms with Gasteiger partial charge in [-0.25, -0.2) is 9.97 Å². The minimum absolute atomic E-state index is 0.448. The van der Waals surface area contributed by atoms with Crippen molar-refractivity contribution in [1.29, 1.82) is 0 Å². The Morgan fingerprint density at radius 3 is 2.75 bits per heavy atom. The molecule has 0 N–H and O–H groups in total. The van der Waals surface area contributed by atoms with E-state index in [1.165, 1.54) is 18.1 Å². The highest BCUT2D eigenvalue weighted by molar-refractivity contribution is 7.99. The fourth-order valence-corrected chi connectivity index (χ4v) is 3.17. The summed E-state index contributed by atoms with van der Waals surface area (Å²) in [7, 11) is 0. The fraction of sp³-hybridized carbons (Fsp3) is 0. The molecular formula is C15H9ClN2OS. The van der Waals surface area contributed by atoms with Crippen molar-refractivity contribution < 1.29 is 4.79 Å². The van der Waals surface area contributed by atoms with E-state index < -0.39 is 0 Å². The first-order chi connectivity index (χ1) is 9.79. The average Bonchev–Trinajstić information content (AvgIpc) is 2.48. The Morgan fingerprint density at radius 1 is 1.05 bits per heavy atom. The van der Waals surface area contributed by atoms with Crippen LogP contribution in [-0.2, 0) is 0 Å². The fourth-order valence-electron chi connectivity index (χ4n) is 1.89. The molecule has 3 rings (SSSR count). The first-order valence-electron chi connectivity index (χ1n) is 5.91. The summed E-state index contributed by atoms with van der Waals surface area (Å²) in [6.07, 6.45) is 2.30. The molecule has 0 atom stereocenters. The van der Waals surface area contributed by atoms with Crippen LogP contribution in [0.1, 0.15) is 10.4 Å². The largest absolute Gasteiger partial charge is 0.298 e. The van der Waals surface area contributed by atoms with Gasteiger partial charge in [0.05, 0.1) is 10.5 Å². The monoisotopic (exact) mass is 300 g/mol. The summed E-state index contributed by atoms with van der Waals surface area (Å²) < 4.78 is 0. The molecule has 3 aromatic rings. The number of benzene rings is 2. The lowest BCUT2D eigenvalue weighted by Crippen LogP contribution is -1.90. The molecule has 0 spiro atoms. The number of para-hydroxylation sites is 1. The van der Waals surface area contributed by atoms with Gasteiger partial charge in [0.25, 0.3) is 0 Å². The van der Waals surface area contributed by atoms with E-state index in [4.69, 9.17) is 11.6 Å². The number of aromatic nitrogens is 2. The molecule has 0 unspecified atom stereocenters. The van der Waals surface area contributed by atoms with Crippen LogP contribution in [0.4, 0.5) is 0 Å². The number of carbonyl (C=O) groups is 1. The van der Waals surface area contributed by atoms with Crippen molar-refractivity contribution >= 4 is 40.6 Å². The molecule has 98 valence electrons. The molecule has 2 aromatic carbocycles. The summed E-state index contributed by atoms with van der Waals surface area (Å²) in [5, 5.41) is 2.21. The number of hydrogen-bond donors (Lipinski definition) is 0. The average molecular weight is 301 g/mol. The van der Waals surface area contributed by atoms with E-state index in [0.717, 1.165) is 27.1 Å². The Hall–Kier alpha value is -1.91. The van der Waals surface area contributed by atoms with Crippen LogP contribution in [0, 0.1) is 0 Å². The predicted molar refractivity (Wildman–Crippen MR) is 80.5 cm³/mol. The number of halogens is 1. The number of rotatable bonds is 3. The molecule has 0 saturated heterocycles. The van der Waals surface area contributed by atoms with E-state index in [2.05, 4.69) is 9.97 Å². The minimum atomic E-state index is 0.448. The van der Waals surface area contributed by atoms with E-state index in [-0.39, 0.29) is 0 Å². The first kappa shape index (κ1) is 13.1. The van der Waals surface area contributed by atoms with E-state index >= 15 is 0 Å². The summed E-state index contributed by atoms with van der Waals surface area (Å²) in [6, 6.07) is 13.1. The second kappa shape index (κ2) is 5.61. The van der Waals surface area contributed by atoms with Gasteiger partial charge in [0.2, 0.25) is 0 Å². The molecule has 20 heavy (non-hydrogen) atoms. The van der Waals surface area contributed by atoms with Gasteiger partial charge in [0.1, 0.15) is 11.4 Å². The molecule has 1 heterocycles. The number of carbonyl (C=O) groups excluding carboxylic acids is 1. The second-order valence-electron chi connectivity index (χ2n) is 4.07. The summed E-state index contributed by atoms with van der Waals surface area (Å²) >= 11 is 7.45. The lowest BCUT2D eigenvalue weighted by molar-refractivity contribution is 0.112. The molecule has 3 nitrogen and oxygen atoms in total. The summed E-state index contributed by atoms with van der Waals surface area (Å²) in [4.78, 5) is 20.5. The van der Waals surface area contributed by atoms with E-state index in [1.54, 1.807) is 6.07 Å². The normalized spacial score (nSPS) is 10.7. The molecule has 0 bridgehead atoms. The van der Waals surface area contributed by atoms with Crippen LogP contribution in [-0.4, -0.2) is 16.3 Å². The van der Waals surface area contributed by atoms with E-state index in [9.17, 15) is 4.79 Å². The van der Waals surface area contributed by atoms with Gasteiger partial charge >= 0.3 is 0 Å². The number of hydrogen-bond acceptors (Lipinski definition) is 4. The Balaban J connectivity index is 2.10. The van der Waals surface area contributed by atoms with Crippen molar-refractivity contribution in [3.63, 3.8) is 0 Å². The summed E-state index contributed by atoms with van der Waals surface area (Å²) in [6.45, 7) is 0. The third-order valence-electron chi connectivity index (χ3n) is 2.84. The van der Waals surface area contributed by atoms with Crippen LogP contribution >= 0.6 is 23.4 Å². The Labute approximate surface area is 125 Å². The summed E-state index contributed by atoms with van der Waals surface area (Å²) in [5.41, 5.74) is 1.36. The van der Waals surface area contributed by atoms with Gasteiger partial charge in [-0.15, -0.1) is 0 Å². The molecule has 0 amide bonds. The zero-order valence-corrected chi connectivity index (χ0v) is 11.9.